The van der Waals surface area contributed by atoms with Gasteiger partial charge in [0.2, 0.25) is 5.91 Å². The monoisotopic (exact) mass is 475 g/mol. The number of carbonyl (C=O) groups is 1. The molecule has 182 valence electrons. The quantitative estimate of drug-likeness (QED) is 0.608. The van der Waals surface area contributed by atoms with E-state index in [0.717, 1.165) is 6.42 Å². The Labute approximate surface area is 204 Å². The zero-order valence-electron chi connectivity index (χ0n) is 20.0. The number of aliphatic hydroxyl groups is 1. The molecule has 1 aromatic heterocycles. The number of halogens is 1. The van der Waals surface area contributed by atoms with Crippen LogP contribution in [0.3, 0.4) is 0 Å². The van der Waals surface area contributed by atoms with Crippen LogP contribution in [0.1, 0.15) is 38.2 Å². The lowest BCUT2D eigenvalue weighted by Crippen LogP contribution is -2.61. The van der Waals surface area contributed by atoms with Crippen LogP contribution in [0.5, 0.6) is 0 Å². The Morgan fingerprint density at radius 3 is 2.54 bits per heavy atom. The van der Waals surface area contributed by atoms with Gasteiger partial charge in [0.25, 0.3) is 5.56 Å². The lowest BCUT2D eigenvalue weighted by molar-refractivity contribution is -0.155. The van der Waals surface area contributed by atoms with Gasteiger partial charge in [-0.05, 0) is 36.5 Å². The lowest BCUT2D eigenvalue weighted by atomic mass is 9.69. The van der Waals surface area contributed by atoms with E-state index in [0.29, 0.717) is 19.5 Å². The predicted molar refractivity (Wildman–Crippen MR) is 131 cm³/mol. The summed E-state index contributed by atoms with van der Waals surface area (Å²) in [6.07, 6.45) is 2.58. The normalized spacial score (nSPS) is 25.3. The molecule has 1 amide bonds. The van der Waals surface area contributed by atoms with E-state index in [1.807, 2.05) is 36.9 Å². The molecule has 2 heterocycles. The lowest BCUT2D eigenvalue weighted by Gasteiger charge is -2.50. The van der Waals surface area contributed by atoms with E-state index >= 15 is 0 Å². The molecule has 1 saturated carbocycles. The summed E-state index contributed by atoms with van der Waals surface area (Å²) in [5.41, 5.74) is -0.474. The molecular weight excluding hydrogens is 445 g/mol. The molecule has 6 nitrogen and oxygen atoms in total. The van der Waals surface area contributed by atoms with Crippen molar-refractivity contribution in [2.45, 2.75) is 44.8 Å². The fourth-order valence-corrected chi connectivity index (χ4v) is 5.26. The van der Waals surface area contributed by atoms with Crippen molar-refractivity contribution in [1.29, 1.82) is 0 Å². The number of carbonyl (C=O) groups excluding carboxylic acids is 1. The van der Waals surface area contributed by atoms with Crippen LogP contribution in [0.2, 0.25) is 0 Å². The third-order valence-corrected chi connectivity index (χ3v) is 7.75. The van der Waals surface area contributed by atoms with Crippen LogP contribution in [0.15, 0.2) is 71.8 Å². The van der Waals surface area contributed by atoms with Crippen LogP contribution in [0.4, 0.5) is 4.39 Å². The van der Waals surface area contributed by atoms with Crippen molar-refractivity contribution < 1.29 is 14.3 Å². The molecule has 1 aliphatic heterocycles. The van der Waals surface area contributed by atoms with Crippen LogP contribution >= 0.6 is 0 Å². The number of rotatable bonds is 5. The summed E-state index contributed by atoms with van der Waals surface area (Å²) >= 11 is 0. The number of aromatic nitrogens is 2. The highest BCUT2D eigenvalue weighted by atomic mass is 19.1. The summed E-state index contributed by atoms with van der Waals surface area (Å²) in [6, 6.07) is 17.6. The largest absolute Gasteiger partial charge is 0.387 e. The minimum absolute atomic E-state index is 0.00265. The van der Waals surface area contributed by atoms with Crippen molar-refractivity contribution in [1.82, 2.24) is 14.5 Å². The van der Waals surface area contributed by atoms with Crippen LogP contribution in [0, 0.1) is 17.2 Å². The van der Waals surface area contributed by atoms with Gasteiger partial charge in [-0.3, -0.25) is 14.2 Å². The summed E-state index contributed by atoms with van der Waals surface area (Å²) < 4.78 is 15.5. The fourth-order valence-electron chi connectivity index (χ4n) is 5.26. The molecule has 0 radical (unpaired) electrons. The summed E-state index contributed by atoms with van der Waals surface area (Å²) in [4.78, 5) is 32.2. The molecule has 2 aromatic carbocycles. The van der Waals surface area contributed by atoms with E-state index in [1.165, 1.54) is 28.6 Å². The molecule has 1 saturated heterocycles. The second kappa shape index (κ2) is 8.72. The molecule has 3 aromatic rings. The third-order valence-electron chi connectivity index (χ3n) is 7.75. The number of benzene rings is 2. The van der Waals surface area contributed by atoms with Crippen LogP contribution in [-0.2, 0) is 11.3 Å². The van der Waals surface area contributed by atoms with Crippen molar-refractivity contribution in [3.8, 4) is 11.3 Å². The Kier molecular flexibility index (Phi) is 5.83. The van der Waals surface area contributed by atoms with Crippen molar-refractivity contribution in [3.05, 3.63) is 88.7 Å². The summed E-state index contributed by atoms with van der Waals surface area (Å²) in [6.45, 7) is 4.77. The highest BCUT2D eigenvalue weighted by molar-refractivity contribution is 5.83. The minimum Gasteiger partial charge on any atom is -0.387 e. The van der Waals surface area contributed by atoms with Gasteiger partial charge >= 0.3 is 0 Å². The van der Waals surface area contributed by atoms with Crippen molar-refractivity contribution in [2.24, 2.45) is 11.3 Å². The Balaban J connectivity index is 1.28. The van der Waals surface area contributed by atoms with E-state index in [2.05, 4.69) is 17.1 Å². The Morgan fingerprint density at radius 1 is 1.14 bits per heavy atom. The van der Waals surface area contributed by atoms with Crippen LogP contribution in [-0.4, -0.2) is 44.2 Å². The number of hydrogen-bond donors (Lipinski definition) is 1. The zero-order valence-corrected chi connectivity index (χ0v) is 20.0. The second-order valence-electron chi connectivity index (χ2n) is 10.5. The molecule has 1 N–H and O–H groups in total. The Morgan fingerprint density at radius 2 is 1.86 bits per heavy atom. The van der Waals surface area contributed by atoms with Gasteiger partial charge in [0, 0.05) is 36.1 Å². The topological polar surface area (TPSA) is 75.4 Å². The summed E-state index contributed by atoms with van der Waals surface area (Å²) in [5.74, 6) is -0.0384. The van der Waals surface area contributed by atoms with E-state index in [-0.39, 0.29) is 41.1 Å². The molecular formula is C28H30FN3O3. The molecule has 2 aliphatic rings. The molecule has 2 fully saturated rings. The molecule has 0 bridgehead atoms. The number of piperidine rings is 1. The first kappa shape index (κ1) is 23.4. The summed E-state index contributed by atoms with van der Waals surface area (Å²) in [5, 5.41) is 11.6. The highest BCUT2D eigenvalue weighted by Gasteiger charge is 2.52. The molecule has 1 unspecified atom stereocenters. The maximum absolute atomic E-state index is 14.1. The molecule has 7 heteroatoms. The second-order valence-corrected chi connectivity index (χ2v) is 10.5. The Hall–Kier alpha value is -3.32. The predicted octanol–water partition coefficient (Wildman–Crippen LogP) is 3.84. The minimum atomic E-state index is -1.20. The maximum atomic E-state index is 14.1. The summed E-state index contributed by atoms with van der Waals surface area (Å²) in [7, 11) is 0. The van der Waals surface area contributed by atoms with Crippen molar-refractivity contribution in [3.63, 3.8) is 0 Å². The van der Waals surface area contributed by atoms with Crippen molar-refractivity contribution >= 4 is 5.91 Å². The third kappa shape index (κ3) is 4.41. The van der Waals surface area contributed by atoms with Gasteiger partial charge in [-0.1, -0.05) is 56.3 Å². The first-order chi connectivity index (χ1) is 16.7. The van der Waals surface area contributed by atoms with Gasteiger partial charge in [0.15, 0.2) is 0 Å². The van der Waals surface area contributed by atoms with Gasteiger partial charge in [-0.25, -0.2) is 9.37 Å². The van der Waals surface area contributed by atoms with Gasteiger partial charge < -0.3 is 10.0 Å². The highest BCUT2D eigenvalue weighted by Crippen LogP contribution is 2.49. The van der Waals surface area contributed by atoms with Crippen LogP contribution in [0.25, 0.3) is 11.3 Å². The first-order valence-corrected chi connectivity index (χ1v) is 12.1. The SMILES string of the molecule is CC1(C)CN(C(=O)[C@H]2C[C@H]2c2ccccc2)CCC1(O)Cn1cnc(-c2ccccc2F)cc1=O. The number of amides is 1. The average molecular weight is 476 g/mol. The van der Waals surface area contributed by atoms with E-state index in [9.17, 15) is 19.1 Å². The number of likely N-dealkylation sites (tertiary alicyclic amines) is 1. The standard InChI is InChI=1S/C28H30FN3O3/c1-27(2)16-31(26(34)22-14-21(22)19-8-4-3-5-9-19)13-12-28(27,35)17-32-18-30-24(15-25(32)33)20-10-6-7-11-23(20)29/h3-11,15,18,21-22,35H,12-14,16-17H2,1-2H3/t21-,22-,28?/m0/s1. The zero-order chi connectivity index (χ0) is 24.8. The fraction of sp³-hybridized carbons (Fsp3) is 0.393. The smallest absolute Gasteiger partial charge is 0.253 e. The van der Waals surface area contributed by atoms with E-state index in [4.69, 9.17) is 0 Å². The molecule has 35 heavy (non-hydrogen) atoms. The first-order valence-electron chi connectivity index (χ1n) is 12.1. The molecule has 0 spiro atoms. The van der Waals surface area contributed by atoms with Crippen LogP contribution < -0.4 is 5.56 Å². The average Bonchev–Trinajstić information content (AvgIpc) is 3.64. The number of hydrogen-bond acceptors (Lipinski definition) is 4. The molecule has 3 atom stereocenters. The Bertz CT molecular complexity index is 1310. The van der Waals surface area contributed by atoms with Crippen molar-refractivity contribution in [2.75, 3.05) is 13.1 Å². The van der Waals surface area contributed by atoms with Gasteiger partial charge in [0.05, 0.1) is 24.2 Å². The molecule has 1 aliphatic carbocycles. The van der Waals surface area contributed by atoms with Gasteiger partial charge in [0.1, 0.15) is 5.82 Å². The van der Waals surface area contributed by atoms with Gasteiger partial charge in [-0.2, -0.15) is 0 Å². The van der Waals surface area contributed by atoms with Gasteiger partial charge in [-0.15, -0.1) is 0 Å². The number of nitrogens with zero attached hydrogens (tertiary/aromatic N) is 3. The molecule has 5 rings (SSSR count). The maximum Gasteiger partial charge on any atom is 0.253 e. The van der Waals surface area contributed by atoms with E-state index < -0.39 is 16.8 Å². The van der Waals surface area contributed by atoms with E-state index in [1.54, 1.807) is 18.2 Å².